The number of hydrogen-bond acceptors (Lipinski definition) is 3. The van der Waals surface area contributed by atoms with E-state index in [1.54, 1.807) is 6.33 Å². The number of rotatable bonds is 3. The van der Waals surface area contributed by atoms with Crippen molar-refractivity contribution in [3.63, 3.8) is 0 Å². The zero-order valence-electron chi connectivity index (χ0n) is 8.06. The average Bonchev–Trinajstić information content (AvgIpc) is 2.84. The van der Waals surface area contributed by atoms with E-state index in [0.29, 0.717) is 11.7 Å². The largest absolute Gasteiger partial charge is 0.388 e. The average molecular weight is 181 g/mol. The van der Waals surface area contributed by atoms with Gasteiger partial charge >= 0.3 is 0 Å². The Balaban J connectivity index is 2.32. The van der Waals surface area contributed by atoms with Crippen LogP contribution in [-0.4, -0.2) is 19.9 Å². The number of nitrogens with zero attached hydrogens (tertiary/aromatic N) is 3. The summed E-state index contributed by atoms with van der Waals surface area (Å²) in [6, 6.07) is 0. The molecular formula is C9H15N3O. The molecule has 0 aromatic carbocycles. The molecular weight excluding hydrogens is 166 g/mol. The summed E-state index contributed by atoms with van der Waals surface area (Å²) >= 11 is 0. The van der Waals surface area contributed by atoms with E-state index in [1.165, 1.54) is 12.8 Å². The molecule has 1 heterocycles. The minimum atomic E-state index is -0.0316. The molecule has 0 amide bonds. The summed E-state index contributed by atoms with van der Waals surface area (Å²) in [5.41, 5.74) is 0.0571. The van der Waals surface area contributed by atoms with Crippen molar-refractivity contribution in [3.8, 4) is 0 Å². The Labute approximate surface area is 77.6 Å². The van der Waals surface area contributed by atoms with E-state index in [4.69, 9.17) is 5.11 Å². The Morgan fingerprint density at radius 2 is 2.31 bits per heavy atom. The Kier molecular flexibility index (Phi) is 1.87. The third-order valence-corrected chi connectivity index (χ3v) is 2.96. The monoisotopic (exact) mass is 181 g/mol. The normalized spacial score (nSPS) is 17.8. The maximum absolute atomic E-state index is 9.05. The van der Waals surface area contributed by atoms with Gasteiger partial charge in [0.25, 0.3) is 0 Å². The quantitative estimate of drug-likeness (QED) is 0.754. The van der Waals surface area contributed by atoms with Crippen LogP contribution in [-0.2, 0) is 12.1 Å². The summed E-state index contributed by atoms with van der Waals surface area (Å²) < 4.78 is 1.99. The molecule has 13 heavy (non-hydrogen) atoms. The minimum absolute atomic E-state index is 0.0316. The van der Waals surface area contributed by atoms with Crippen molar-refractivity contribution in [2.24, 2.45) is 5.92 Å². The summed E-state index contributed by atoms with van der Waals surface area (Å²) in [6.45, 7) is 4.32. The van der Waals surface area contributed by atoms with Crippen molar-refractivity contribution >= 4 is 0 Å². The Hall–Kier alpha value is -0.900. The van der Waals surface area contributed by atoms with Crippen LogP contribution in [0.15, 0.2) is 6.33 Å². The predicted octanol–water partition coefficient (Wildman–Crippen LogP) is 0.915. The fourth-order valence-corrected chi connectivity index (χ4v) is 1.83. The van der Waals surface area contributed by atoms with E-state index in [0.717, 1.165) is 0 Å². The third-order valence-electron chi connectivity index (χ3n) is 2.96. The Bertz CT molecular complexity index is 302. The van der Waals surface area contributed by atoms with Crippen molar-refractivity contribution in [1.82, 2.24) is 14.8 Å². The van der Waals surface area contributed by atoms with Crippen LogP contribution in [0, 0.1) is 5.92 Å². The van der Waals surface area contributed by atoms with Crippen LogP contribution >= 0.6 is 0 Å². The molecule has 0 spiro atoms. The van der Waals surface area contributed by atoms with Gasteiger partial charge in [0.05, 0.1) is 0 Å². The maximum Gasteiger partial charge on any atom is 0.159 e. The molecule has 1 saturated carbocycles. The summed E-state index contributed by atoms with van der Waals surface area (Å²) in [6.07, 6.45) is 4.26. The maximum atomic E-state index is 9.05. The van der Waals surface area contributed by atoms with Gasteiger partial charge in [-0.1, -0.05) is 0 Å². The molecule has 0 bridgehead atoms. The molecule has 0 radical (unpaired) electrons. The summed E-state index contributed by atoms with van der Waals surface area (Å²) in [4.78, 5) is 0. The van der Waals surface area contributed by atoms with Gasteiger partial charge in [-0.3, -0.25) is 0 Å². The van der Waals surface area contributed by atoms with Gasteiger partial charge in [-0.25, -0.2) is 0 Å². The van der Waals surface area contributed by atoms with E-state index in [2.05, 4.69) is 24.0 Å². The van der Waals surface area contributed by atoms with Gasteiger partial charge in [0, 0.05) is 5.54 Å². The highest BCUT2D eigenvalue weighted by Gasteiger charge is 2.40. The first kappa shape index (κ1) is 8.69. The summed E-state index contributed by atoms with van der Waals surface area (Å²) in [5.74, 6) is 1.38. The molecule has 72 valence electrons. The van der Waals surface area contributed by atoms with Crippen LogP contribution in [0.25, 0.3) is 0 Å². The number of aromatic nitrogens is 3. The molecule has 1 fully saturated rings. The van der Waals surface area contributed by atoms with Gasteiger partial charge in [0.1, 0.15) is 12.9 Å². The van der Waals surface area contributed by atoms with Crippen LogP contribution < -0.4 is 0 Å². The lowest BCUT2D eigenvalue weighted by atomic mass is 9.98. The zero-order valence-corrected chi connectivity index (χ0v) is 8.06. The first-order valence-electron chi connectivity index (χ1n) is 4.66. The molecule has 1 aromatic heterocycles. The molecule has 0 unspecified atom stereocenters. The van der Waals surface area contributed by atoms with Gasteiger partial charge in [0.15, 0.2) is 5.82 Å². The van der Waals surface area contributed by atoms with Gasteiger partial charge in [0.2, 0.25) is 0 Å². The summed E-state index contributed by atoms with van der Waals surface area (Å²) in [7, 11) is 0. The molecule has 4 nitrogen and oxygen atoms in total. The van der Waals surface area contributed by atoms with Gasteiger partial charge in [-0.2, -0.15) is 0 Å². The molecule has 0 aliphatic heterocycles. The van der Waals surface area contributed by atoms with Crippen LogP contribution in [0.5, 0.6) is 0 Å². The van der Waals surface area contributed by atoms with Crippen molar-refractivity contribution < 1.29 is 5.11 Å². The molecule has 1 N–H and O–H groups in total. The lowest BCUT2D eigenvalue weighted by Gasteiger charge is -2.27. The van der Waals surface area contributed by atoms with E-state index < -0.39 is 0 Å². The first-order valence-corrected chi connectivity index (χ1v) is 4.66. The highest BCUT2D eigenvalue weighted by molar-refractivity contribution is 4.99. The molecule has 1 aliphatic carbocycles. The lowest BCUT2D eigenvalue weighted by molar-refractivity contribution is 0.232. The van der Waals surface area contributed by atoms with Crippen LogP contribution in [0.3, 0.4) is 0 Å². The highest BCUT2D eigenvalue weighted by Crippen LogP contribution is 2.44. The molecule has 2 rings (SSSR count). The Morgan fingerprint density at radius 3 is 2.85 bits per heavy atom. The fourth-order valence-electron chi connectivity index (χ4n) is 1.83. The van der Waals surface area contributed by atoms with E-state index in [-0.39, 0.29) is 12.1 Å². The first-order chi connectivity index (χ1) is 6.16. The van der Waals surface area contributed by atoms with Crippen molar-refractivity contribution in [1.29, 1.82) is 0 Å². The molecule has 4 heteroatoms. The zero-order chi connectivity index (χ0) is 9.47. The van der Waals surface area contributed by atoms with Crippen molar-refractivity contribution in [2.45, 2.75) is 38.8 Å². The second-order valence-corrected chi connectivity index (χ2v) is 4.20. The van der Waals surface area contributed by atoms with E-state index >= 15 is 0 Å². The van der Waals surface area contributed by atoms with Crippen LogP contribution in [0.2, 0.25) is 0 Å². The second kappa shape index (κ2) is 2.80. The highest BCUT2D eigenvalue weighted by atomic mass is 16.3. The predicted molar refractivity (Wildman–Crippen MR) is 48.0 cm³/mol. The second-order valence-electron chi connectivity index (χ2n) is 4.20. The van der Waals surface area contributed by atoms with Gasteiger partial charge in [-0.15, -0.1) is 10.2 Å². The van der Waals surface area contributed by atoms with E-state index in [9.17, 15) is 0 Å². The van der Waals surface area contributed by atoms with Crippen LogP contribution in [0.4, 0.5) is 0 Å². The standard InChI is InChI=1S/C9H15N3O/c1-9(2,7-3-4-7)12-6-10-11-8(12)5-13/h6-7,13H,3-5H2,1-2H3. The molecule has 0 saturated heterocycles. The fraction of sp³-hybridized carbons (Fsp3) is 0.778. The van der Waals surface area contributed by atoms with Crippen molar-refractivity contribution in [3.05, 3.63) is 12.2 Å². The van der Waals surface area contributed by atoms with Gasteiger partial charge < -0.3 is 9.67 Å². The van der Waals surface area contributed by atoms with Gasteiger partial charge in [-0.05, 0) is 32.6 Å². The minimum Gasteiger partial charge on any atom is -0.388 e. The number of aliphatic hydroxyl groups is 1. The topological polar surface area (TPSA) is 50.9 Å². The smallest absolute Gasteiger partial charge is 0.159 e. The number of aliphatic hydroxyl groups excluding tert-OH is 1. The molecule has 1 aromatic rings. The molecule has 0 atom stereocenters. The van der Waals surface area contributed by atoms with Crippen molar-refractivity contribution in [2.75, 3.05) is 0 Å². The lowest BCUT2D eigenvalue weighted by Crippen LogP contribution is -2.29. The Morgan fingerprint density at radius 1 is 1.62 bits per heavy atom. The summed E-state index contributed by atoms with van der Waals surface area (Å²) in [5, 5.41) is 16.7. The SMILES string of the molecule is CC(C)(C1CC1)n1cnnc1CO. The van der Waals surface area contributed by atoms with Crippen LogP contribution in [0.1, 0.15) is 32.5 Å². The number of hydrogen-bond donors (Lipinski definition) is 1. The van der Waals surface area contributed by atoms with E-state index in [1.807, 2.05) is 4.57 Å². The third kappa shape index (κ3) is 1.35. The molecule has 1 aliphatic rings.